The normalized spacial score (nSPS) is 27.9. The maximum atomic E-state index is 3.39. The molecule has 4 nitrogen and oxygen atoms in total. The molecule has 1 aliphatic rings. The summed E-state index contributed by atoms with van der Waals surface area (Å²) in [6, 6.07) is 0. The van der Waals surface area contributed by atoms with E-state index < -0.39 is 66.5 Å². The van der Waals surface area contributed by atoms with Gasteiger partial charge in [-0.2, -0.15) is 0 Å². The Morgan fingerprint density at radius 2 is 0.531 bits per heavy atom. The van der Waals surface area contributed by atoms with Gasteiger partial charge in [0.15, 0.2) is 0 Å². The maximum Gasteiger partial charge on any atom is 0.250 e. The first-order valence-electron chi connectivity index (χ1n) is 12.7. The molecule has 0 spiro atoms. The van der Waals surface area contributed by atoms with E-state index in [0.29, 0.717) is 0 Å². The van der Waals surface area contributed by atoms with Crippen LogP contribution in [0.4, 0.5) is 0 Å². The maximum absolute atomic E-state index is 3.39. The van der Waals surface area contributed by atoms with Gasteiger partial charge in [-0.05, 0) is 13.1 Å². The van der Waals surface area contributed by atoms with Gasteiger partial charge in [-0.3, -0.25) is 0 Å². The summed E-state index contributed by atoms with van der Waals surface area (Å²) in [5, 5.41) is 0. The first kappa shape index (κ1) is 31.6. The van der Waals surface area contributed by atoms with Crippen LogP contribution in [0, 0.1) is 0 Å². The van der Waals surface area contributed by atoms with Crippen LogP contribution < -0.4 is 0 Å². The van der Waals surface area contributed by atoms with E-state index >= 15 is 0 Å². The van der Waals surface area contributed by atoms with Gasteiger partial charge >= 0.3 is 0 Å². The molecule has 192 valence electrons. The average molecular weight is 581 g/mol. The highest BCUT2D eigenvalue weighted by atomic mass is 28.6. The lowest BCUT2D eigenvalue weighted by atomic mass is 11.8. The van der Waals surface area contributed by atoms with Crippen LogP contribution in [0.1, 0.15) is 0 Å². The van der Waals surface area contributed by atoms with Gasteiger partial charge in [-0.15, -0.1) is 0 Å². The molecular formula is C20H60N4Si8. The van der Waals surface area contributed by atoms with E-state index in [1.54, 1.807) is 0 Å². The molecule has 1 saturated heterocycles. The van der Waals surface area contributed by atoms with Crippen molar-refractivity contribution in [1.82, 2.24) is 15.6 Å². The van der Waals surface area contributed by atoms with E-state index in [4.69, 9.17) is 0 Å². The first-order valence-corrected chi connectivity index (χ1v) is 38.0. The topological polar surface area (TPSA) is 13.0 Å². The van der Waals surface area contributed by atoms with Crippen LogP contribution in [0.15, 0.2) is 0 Å². The molecule has 0 saturated carbocycles. The number of nitrogens with zero attached hydrogens (tertiary/aromatic N) is 4. The Kier molecular flexibility index (Phi) is 8.46. The molecule has 0 radical (unpaired) electrons. The van der Waals surface area contributed by atoms with Crippen LogP contribution in [-0.4, -0.2) is 82.1 Å². The van der Waals surface area contributed by atoms with E-state index in [-0.39, 0.29) is 0 Å². The predicted octanol–water partition coefficient (Wildman–Crippen LogP) is 7.35. The van der Waals surface area contributed by atoms with Crippen molar-refractivity contribution in [1.29, 1.82) is 0 Å². The highest BCUT2D eigenvalue weighted by molar-refractivity contribution is 7.27. The molecule has 0 bridgehead atoms. The first-order chi connectivity index (χ1) is 13.5. The minimum atomic E-state index is -1.97. The molecule has 0 aromatic carbocycles. The van der Waals surface area contributed by atoms with E-state index in [0.717, 1.165) is 0 Å². The van der Waals surface area contributed by atoms with Gasteiger partial charge in [0, 0.05) is 0 Å². The Labute approximate surface area is 212 Å². The van der Waals surface area contributed by atoms with Crippen LogP contribution >= 0.6 is 0 Å². The van der Waals surface area contributed by atoms with Gasteiger partial charge in [0.25, 0.3) is 0 Å². The Bertz CT molecular complexity index is 593. The highest BCUT2D eigenvalue weighted by Gasteiger charge is 2.78. The summed E-state index contributed by atoms with van der Waals surface area (Å²) in [4.78, 5) is 0. The summed E-state index contributed by atoms with van der Waals surface area (Å²) < 4.78 is 13.4. The lowest BCUT2D eigenvalue weighted by Gasteiger charge is -2.83. The monoisotopic (exact) mass is 580 g/mol. The van der Waals surface area contributed by atoms with Crippen LogP contribution in [0.25, 0.3) is 0 Å². The summed E-state index contributed by atoms with van der Waals surface area (Å²) in [5.41, 5.74) is 0. The molecule has 0 N–H and O–H groups in total. The van der Waals surface area contributed by atoms with Crippen LogP contribution in [0.3, 0.4) is 0 Å². The standard InChI is InChI=1S/C20H60N4Si8/c1-25(2,3)21(26(4,5)6)31(19)23(29(13,14)15)32(20,24(31)30(16,17)18)22(27(7,8)9)28(10,11)12/h1-20H3. The van der Waals surface area contributed by atoms with Gasteiger partial charge in [0.2, 0.25) is 17.1 Å². The quantitative estimate of drug-likeness (QED) is 0.278. The molecule has 1 rings (SSSR count). The van der Waals surface area contributed by atoms with E-state index in [2.05, 4.69) is 147 Å². The van der Waals surface area contributed by atoms with E-state index in [9.17, 15) is 0 Å². The third-order valence-electron chi connectivity index (χ3n) is 6.57. The van der Waals surface area contributed by atoms with Crippen molar-refractivity contribution in [2.24, 2.45) is 0 Å². The third-order valence-corrected chi connectivity index (χ3v) is 59.1. The molecule has 1 fully saturated rings. The summed E-state index contributed by atoms with van der Waals surface area (Å²) in [6.45, 7) is 53.3. The van der Waals surface area contributed by atoms with Crippen molar-refractivity contribution in [3.63, 3.8) is 0 Å². The van der Waals surface area contributed by atoms with Crippen LogP contribution in [-0.2, 0) is 0 Å². The molecule has 32 heavy (non-hydrogen) atoms. The Hall–Kier alpha value is 1.58. The summed E-state index contributed by atoms with van der Waals surface area (Å²) in [7, 11) is -13.1. The summed E-state index contributed by atoms with van der Waals surface area (Å²) >= 11 is 0. The molecule has 0 unspecified atom stereocenters. The second kappa shape index (κ2) is 8.57. The Balaban J connectivity index is 4.17. The van der Waals surface area contributed by atoms with E-state index in [1.165, 1.54) is 0 Å². The molecule has 12 heteroatoms. The number of hydrogen-bond acceptors (Lipinski definition) is 4. The Morgan fingerprint density at radius 1 is 0.375 bits per heavy atom. The summed E-state index contributed by atoms with van der Waals surface area (Å²) in [6.07, 6.45) is 0. The SMILES string of the molecule is C[Si](C)(C)N([Si](C)(C)C)[Si]1(C)N([Si](C)(C)C)[Si](C)(N([Si](C)(C)C)[Si](C)(C)C)N1[Si](C)(C)C. The molecule has 1 heterocycles. The highest BCUT2D eigenvalue weighted by Crippen LogP contribution is 2.53. The van der Waals surface area contributed by atoms with Gasteiger partial charge in [-0.1, -0.05) is 118 Å². The van der Waals surface area contributed by atoms with Crippen molar-refractivity contribution < 1.29 is 0 Å². The molecule has 0 aliphatic carbocycles. The van der Waals surface area contributed by atoms with Gasteiger partial charge in [-0.25, -0.2) is 0 Å². The lowest BCUT2D eigenvalue weighted by Crippen LogP contribution is -3.09. The average Bonchev–Trinajstić information content (AvgIpc) is 2.23. The van der Waals surface area contributed by atoms with Gasteiger partial charge in [0.1, 0.15) is 49.4 Å². The van der Waals surface area contributed by atoms with Crippen molar-refractivity contribution in [2.45, 2.75) is 131 Å². The molecule has 0 aromatic rings. The molecule has 0 amide bonds. The fourth-order valence-electron chi connectivity index (χ4n) is 8.45. The zero-order chi connectivity index (χ0) is 26.3. The summed E-state index contributed by atoms with van der Waals surface area (Å²) in [5.74, 6) is 0. The number of rotatable bonds is 8. The smallest absolute Gasteiger partial charge is 0.250 e. The second-order valence-electron chi connectivity index (χ2n) is 16.3. The second-order valence-corrected chi connectivity index (χ2v) is 57.0. The van der Waals surface area contributed by atoms with Crippen LogP contribution in [0.5, 0.6) is 0 Å². The fraction of sp³-hybridized carbons (Fsp3) is 1.00. The lowest BCUT2D eigenvalue weighted by molar-refractivity contribution is 0.487. The predicted molar refractivity (Wildman–Crippen MR) is 171 cm³/mol. The minimum absolute atomic E-state index is 1.51. The Morgan fingerprint density at radius 3 is 0.625 bits per heavy atom. The molecule has 1 aliphatic heterocycles. The zero-order valence-corrected chi connectivity index (χ0v) is 33.8. The fourth-order valence-corrected chi connectivity index (χ4v) is 86.0. The van der Waals surface area contributed by atoms with Crippen molar-refractivity contribution in [3.05, 3.63) is 0 Å². The van der Waals surface area contributed by atoms with Crippen molar-refractivity contribution in [3.8, 4) is 0 Å². The molecule has 0 aromatic heterocycles. The van der Waals surface area contributed by atoms with Gasteiger partial charge in [0.05, 0.1) is 0 Å². The number of hydrogen-bond donors (Lipinski definition) is 0. The van der Waals surface area contributed by atoms with Crippen molar-refractivity contribution >= 4 is 66.5 Å². The molecular weight excluding hydrogens is 521 g/mol. The zero-order valence-electron chi connectivity index (χ0n) is 25.8. The minimum Gasteiger partial charge on any atom is -0.345 e. The van der Waals surface area contributed by atoms with Gasteiger partial charge < -0.3 is 15.6 Å². The molecule has 0 atom stereocenters. The van der Waals surface area contributed by atoms with E-state index in [1.807, 2.05) is 0 Å². The van der Waals surface area contributed by atoms with Crippen LogP contribution in [0.2, 0.25) is 131 Å². The van der Waals surface area contributed by atoms with Crippen molar-refractivity contribution in [2.75, 3.05) is 0 Å². The third kappa shape index (κ3) is 5.45. The largest absolute Gasteiger partial charge is 0.345 e.